The minimum absolute atomic E-state index is 0.479. The van der Waals surface area contributed by atoms with Crippen LogP contribution in [-0.2, 0) is 0 Å². The normalized spacial score (nSPS) is 12.8. The van der Waals surface area contributed by atoms with Crippen molar-refractivity contribution in [2.24, 2.45) is 0 Å². The molecular weight excluding hydrogens is 348 g/mol. The summed E-state index contributed by atoms with van der Waals surface area (Å²) in [6.07, 6.45) is -0.479. The molecule has 0 radical (unpaired) electrons. The second kappa shape index (κ2) is 5.83. The van der Waals surface area contributed by atoms with E-state index in [2.05, 4.69) is 45.0 Å². The standard InChI is InChI=1S/C16H15BrN2OS/c1-9-3-6-14-15(7-9)19-16(18-14)21-11-4-5-12(10(2)20)13(17)8-11/h3-8,10,20H,1-2H3,(H,18,19)/t10-/m1/s1. The highest BCUT2D eigenvalue weighted by Crippen LogP contribution is 2.32. The van der Waals surface area contributed by atoms with Crippen LogP contribution in [0.5, 0.6) is 0 Å². The van der Waals surface area contributed by atoms with Crippen molar-refractivity contribution in [3.05, 3.63) is 52.0 Å². The number of nitrogens with zero attached hydrogens (tertiary/aromatic N) is 1. The number of halogens is 1. The van der Waals surface area contributed by atoms with E-state index in [-0.39, 0.29) is 0 Å². The highest BCUT2D eigenvalue weighted by Gasteiger charge is 2.09. The van der Waals surface area contributed by atoms with E-state index in [1.165, 1.54) is 5.56 Å². The third-order valence-electron chi connectivity index (χ3n) is 3.25. The second-order valence-corrected chi connectivity index (χ2v) is 6.94. The van der Waals surface area contributed by atoms with E-state index in [0.29, 0.717) is 0 Å². The molecule has 0 unspecified atom stereocenters. The van der Waals surface area contributed by atoms with Gasteiger partial charge in [0.25, 0.3) is 0 Å². The molecule has 21 heavy (non-hydrogen) atoms. The maximum Gasteiger partial charge on any atom is 0.171 e. The third-order valence-corrected chi connectivity index (χ3v) is 4.82. The zero-order valence-corrected chi connectivity index (χ0v) is 14.1. The van der Waals surface area contributed by atoms with Crippen LogP contribution in [0.3, 0.4) is 0 Å². The zero-order chi connectivity index (χ0) is 15.0. The molecule has 0 aliphatic rings. The molecular formula is C16H15BrN2OS. The lowest BCUT2D eigenvalue weighted by Crippen LogP contribution is -1.92. The number of benzene rings is 2. The van der Waals surface area contributed by atoms with E-state index < -0.39 is 6.10 Å². The van der Waals surface area contributed by atoms with Gasteiger partial charge < -0.3 is 10.1 Å². The minimum atomic E-state index is -0.479. The molecule has 3 aromatic rings. The highest BCUT2D eigenvalue weighted by molar-refractivity contribution is 9.10. The molecule has 0 fully saturated rings. The van der Waals surface area contributed by atoms with E-state index in [0.717, 1.165) is 31.1 Å². The molecule has 3 nitrogen and oxygen atoms in total. The van der Waals surface area contributed by atoms with Crippen molar-refractivity contribution in [3.8, 4) is 0 Å². The quantitative estimate of drug-likeness (QED) is 0.700. The van der Waals surface area contributed by atoms with E-state index in [9.17, 15) is 5.11 Å². The largest absolute Gasteiger partial charge is 0.389 e. The van der Waals surface area contributed by atoms with Gasteiger partial charge in [-0.1, -0.05) is 39.8 Å². The molecule has 0 amide bonds. The van der Waals surface area contributed by atoms with Crippen molar-refractivity contribution in [1.82, 2.24) is 9.97 Å². The number of aromatic amines is 1. The van der Waals surface area contributed by atoms with Gasteiger partial charge in [-0.05, 0) is 49.2 Å². The number of hydrogen-bond donors (Lipinski definition) is 2. The summed E-state index contributed by atoms with van der Waals surface area (Å²) >= 11 is 5.08. The number of nitrogens with one attached hydrogen (secondary N) is 1. The van der Waals surface area contributed by atoms with Gasteiger partial charge in [-0.15, -0.1) is 0 Å². The third kappa shape index (κ3) is 3.15. The summed E-state index contributed by atoms with van der Waals surface area (Å²) in [5.74, 6) is 0. The predicted molar refractivity (Wildman–Crippen MR) is 89.7 cm³/mol. The molecule has 0 saturated heterocycles. The monoisotopic (exact) mass is 362 g/mol. The summed E-state index contributed by atoms with van der Waals surface area (Å²) in [4.78, 5) is 8.98. The summed E-state index contributed by atoms with van der Waals surface area (Å²) in [5.41, 5.74) is 4.13. The fourth-order valence-electron chi connectivity index (χ4n) is 2.17. The van der Waals surface area contributed by atoms with Crippen molar-refractivity contribution in [1.29, 1.82) is 0 Å². The number of fused-ring (bicyclic) bond motifs is 1. The van der Waals surface area contributed by atoms with Crippen LogP contribution in [0.2, 0.25) is 0 Å². The van der Waals surface area contributed by atoms with Crippen LogP contribution in [-0.4, -0.2) is 15.1 Å². The van der Waals surface area contributed by atoms with Crippen LogP contribution in [0.25, 0.3) is 11.0 Å². The number of aliphatic hydroxyl groups excluding tert-OH is 1. The Morgan fingerprint density at radius 3 is 2.76 bits per heavy atom. The van der Waals surface area contributed by atoms with Gasteiger partial charge in [0.05, 0.1) is 17.1 Å². The number of imidazole rings is 1. The van der Waals surface area contributed by atoms with Crippen molar-refractivity contribution >= 4 is 38.7 Å². The first-order valence-corrected chi connectivity index (χ1v) is 8.25. The second-order valence-electron chi connectivity index (χ2n) is 5.02. The first-order chi connectivity index (χ1) is 10.0. The number of hydrogen-bond acceptors (Lipinski definition) is 3. The Labute approximate surface area is 135 Å². The molecule has 1 atom stereocenters. The minimum Gasteiger partial charge on any atom is -0.389 e. The number of H-pyrrole nitrogens is 1. The number of aliphatic hydroxyl groups is 1. The molecule has 0 bridgehead atoms. The molecule has 3 rings (SSSR count). The zero-order valence-electron chi connectivity index (χ0n) is 11.7. The molecule has 0 spiro atoms. The van der Waals surface area contributed by atoms with Gasteiger partial charge in [0, 0.05) is 9.37 Å². The Bertz CT molecular complexity index is 798. The number of aryl methyl sites for hydroxylation is 1. The van der Waals surface area contributed by atoms with Crippen molar-refractivity contribution < 1.29 is 5.11 Å². The average molecular weight is 363 g/mol. The summed E-state index contributed by atoms with van der Waals surface area (Å²) in [5, 5.41) is 10.5. The van der Waals surface area contributed by atoms with Crippen LogP contribution in [0, 0.1) is 6.92 Å². The van der Waals surface area contributed by atoms with Crippen LogP contribution in [0.15, 0.2) is 50.9 Å². The lowest BCUT2D eigenvalue weighted by Gasteiger charge is -2.08. The smallest absolute Gasteiger partial charge is 0.171 e. The van der Waals surface area contributed by atoms with E-state index >= 15 is 0 Å². The summed E-state index contributed by atoms with van der Waals surface area (Å²) in [7, 11) is 0. The van der Waals surface area contributed by atoms with Crippen LogP contribution in [0.1, 0.15) is 24.2 Å². The molecule has 0 aliphatic heterocycles. The first kappa shape index (κ1) is 14.6. The van der Waals surface area contributed by atoms with Gasteiger partial charge in [-0.2, -0.15) is 0 Å². The Hall–Kier alpha value is -1.30. The van der Waals surface area contributed by atoms with Crippen LogP contribution >= 0.6 is 27.7 Å². The van der Waals surface area contributed by atoms with Gasteiger partial charge in [0.15, 0.2) is 5.16 Å². The van der Waals surface area contributed by atoms with Crippen molar-refractivity contribution in [2.45, 2.75) is 30.0 Å². The van der Waals surface area contributed by atoms with Crippen molar-refractivity contribution in [3.63, 3.8) is 0 Å². The molecule has 0 saturated carbocycles. The summed E-state index contributed by atoms with van der Waals surface area (Å²) < 4.78 is 0.912. The Kier molecular flexibility index (Phi) is 4.06. The molecule has 2 aromatic carbocycles. The average Bonchev–Trinajstić information content (AvgIpc) is 2.79. The highest BCUT2D eigenvalue weighted by atomic mass is 79.9. The SMILES string of the molecule is Cc1ccc2nc(Sc3ccc([C@@H](C)O)c(Br)c3)[nH]c2c1. The van der Waals surface area contributed by atoms with Gasteiger partial charge in [-0.3, -0.25) is 0 Å². The molecule has 1 heterocycles. The van der Waals surface area contributed by atoms with Gasteiger partial charge in [-0.25, -0.2) is 4.98 Å². The lowest BCUT2D eigenvalue weighted by molar-refractivity contribution is 0.198. The molecule has 108 valence electrons. The molecule has 2 N–H and O–H groups in total. The van der Waals surface area contributed by atoms with E-state index in [1.807, 2.05) is 24.3 Å². The maximum atomic E-state index is 9.65. The lowest BCUT2D eigenvalue weighted by atomic mass is 10.1. The summed E-state index contributed by atoms with van der Waals surface area (Å²) in [6, 6.07) is 12.1. The van der Waals surface area contributed by atoms with Gasteiger partial charge >= 0.3 is 0 Å². The van der Waals surface area contributed by atoms with Gasteiger partial charge in [0.1, 0.15) is 0 Å². The Morgan fingerprint density at radius 1 is 1.24 bits per heavy atom. The van der Waals surface area contributed by atoms with E-state index in [1.54, 1.807) is 18.7 Å². The van der Waals surface area contributed by atoms with E-state index in [4.69, 9.17) is 0 Å². The molecule has 5 heteroatoms. The summed E-state index contributed by atoms with van der Waals surface area (Å²) in [6.45, 7) is 3.83. The molecule has 0 aliphatic carbocycles. The van der Waals surface area contributed by atoms with Crippen LogP contribution < -0.4 is 0 Å². The molecule has 1 aromatic heterocycles. The van der Waals surface area contributed by atoms with Crippen molar-refractivity contribution in [2.75, 3.05) is 0 Å². The van der Waals surface area contributed by atoms with Crippen LogP contribution in [0.4, 0.5) is 0 Å². The fourth-order valence-corrected chi connectivity index (χ4v) is 3.87. The predicted octanol–water partition coefficient (Wildman–Crippen LogP) is 4.84. The Balaban J connectivity index is 1.89. The number of rotatable bonds is 3. The first-order valence-electron chi connectivity index (χ1n) is 6.64. The number of aromatic nitrogens is 2. The van der Waals surface area contributed by atoms with Gasteiger partial charge in [0.2, 0.25) is 0 Å². The topological polar surface area (TPSA) is 48.9 Å². The maximum absolute atomic E-state index is 9.65. The Morgan fingerprint density at radius 2 is 2.05 bits per heavy atom. The fraction of sp³-hybridized carbons (Fsp3) is 0.188.